The second-order valence-corrected chi connectivity index (χ2v) is 6.62. The molecule has 0 atom stereocenters. The summed E-state index contributed by atoms with van der Waals surface area (Å²) < 4.78 is 12.9. The molecule has 0 spiro atoms. The quantitative estimate of drug-likeness (QED) is 0.863. The van der Waals surface area contributed by atoms with E-state index in [0.29, 0.717) is 24.5 Å². The predicted molar refractivity (Wildman–Crippen MR) is 87.1 cm³/mol. The fourth-order valence-corrected chi connectivity index (χ4v) is 3.21. The van der Waals surface area contributed by atoms with Crippen LogP contribution in [0.25, 0.3) is 0 Å². The Balaban J connectivity index is 1.98. The van der Waals surface area contributed by atoms with Crippen LogP contribution in [-0.4, -0.2) is 30.2 Å². The zero-order chi connectivity index (χ0) is 15.2. The highest BCUT2D eigenvalue weighted by atomic mass is 19.1. The van der Waals surface area contributed by atoms with Crippen molar-refractivity contribution in [2.24, 2.45) is 5.73 Å². The topological polar surface area (TPSA) is 29.3 Å². The molecule has 1 saturated carbocycles. The van der Waals surface area contributed by atoms with E-state index >= 15 is 0 Å². The molecule has 0 saturated heterocycles. The number of nitrogens with two attached hydrogens (primary N) is 1. The Morgan fingerprint density at radius 1 is 1.14 bits per heavy atom. The zero-order valence-corrected chi connectivity index (χ0v) is 13.4. The zero-order valence-electron chi connectivity index (χ0n) is 13.4. The van der Waals surface area contributed by atoms with E-state index in [9.17, 15) is 4.39 Å². The number of rotatable bonds is 6. The molecule has 2 N–H and O–H groups in total. The summed E-state index contributed by atoms with van der Waals surface area (Å²) in [7, 11) is 0. The first kappa shape index (κ1) is 16.4. The van der Waals surface area contributed by atoms with Gasteiger partial charge in [0.05, 0.1) is 0 Å². The summed E-state index contributed by atoms with van der Waals surface area (Å²) in [4.78, 5) is 2.30. The molecule has 0 amide bonds. The summed E-state index contributed by atoms with van der Waals surface area (Å²) in [6.07, 6.45) is 4.34. The fraction of sp³-hybridized carbons (Fsp3) is 0.667. The predicted octanol–water partition coefficient (Wildman–Crippen LogP) is 3.85. The molecule has 2 nitrogen and oxygen atoms in total. The van der Waals surface area contributed by atoms with Gasteiger partial charge in [0, 0.05) is 25.2 Å². The van der Waals surface area contributed by atoms with E-state index < -0.39 is 0 Å². The second-order valence-electron chi connectivity index (χ2n) is 6.62. The van der Waals surface area contributed by atoms with Crippen LogP contribution in [0.3, 0.4) is 0 Å². The average Bonchev–Trinajstić information content (AvgIpc) is 2.48. The number of halogens is 1. The van der Waals surface area contributed by atoms with Crippen LogP contribution in [0.2, 0.25) is 0 Å². The molecule has 0 aromatic heterocycles. The van der Waals surface area contributed by atoms with Gasteiger partial charge in [0.15, 0.2) is 0 Å². The maximum Gasteiger partial charge on any atom is 0.102 e. The smallest absolute Gasteiger partial charge is 0.102 e. The van der Waals surface area contributed by atoms with Crippen molar-refractivity contribution in [1.82, 2.24) is 4.90 Å². The molecule has 1 aliphatic carbocycles. The molecule has 0 radical (unpaired) electrons. The lowest BCUT2D eigenvalue weighted by molar-refractivity contribution is 0.132. The van der Waals surface area contributed by atoms with Crippen LogP contribution in [0, 0.1) is 0 Å². The van der Waals surface area contributed by atoms with Crippen molar-refractivity contribution in [2.45, 2.75) is 64.1 Å². The minimum absolute atomic E-state index is 0.271. The van der Waals surface area contributed by atoms with Gasteiger partial charge in [-0.05, 0) is 42.7 Å². The molecule has 1 fully saturated rings. The van der Waals surface area contributed by atoms with E-state index in [2.05, 4.69) is 43.0 Å². The molecule has 0 bridgehead atoms. The van der Waals surface area contributed by atoms with Crippen LogP contribution in [0.4, 0.5) is 4.39 Å². The van der Waals surface area contributed by atoms with Gasteiger partial charge in [-0.1, -0.05) is 38.1 Å². The lowest BCUT2D eigenvalue weighted by atomic mass is 9.90. The van der Waals surface area contributed by atoms with Gasteiger partial charge in [0.2, 0.25) is 0 Å². The highest BCUT2D eigenvalue weighted by Gasteiger charge is 2.24. The van der Waals surface area contributed by atoms with Crippen molar-refractivity contribution in [1.29, 1.82) is 0 Å². The second kappa shape index (κ2) is 7.90. The Hall–Kier alpha value is -0.930. The van der Waals surface area contributed by atoms with Gasteiger partial charge in [-0.2, -0.15) is 0 Å². The maximum absolute atomic E-state index is 12.9. The van der Waals surface area contributed by atoms with E-state index in [1.54, 1.807) is 0 Å². The number of hydrogen-bond acceptors (Lipinski definition) is 2. The van der Waals surface area contributed by atoms with Crippen LogP contribution in [0.5, 0.6) is 0 Å². The maximum atomic E-state index is 12.9. The van der Waals surface area contributed by atoms with Crippen molar-refractivity contribution < 1.29 is 4.39 Å². The lowest BCUT2D eigenvalue weighted by Gasteiger charge is -2.35. The third-order valence-corrected chi connectivity index (χ3v) is 4.66. The van der Waals surface area contributed by atoms with Crippen LogP contribution in [-0.2, 0) is 6.54 Å². The van der Waals surface area contributed by atoms with Gasteiger partial charge >= 0.3 is 0 Å². The summed E-state index contributed by atoms with van der Waals surface area (Å²) in [6.45, 7) is 5.52. The van der Waals surface area contributed by atoms with Crippen molar-refractivity contribution in [3.8, 4) is 0 Å². The normalized spacial score (nSPS) is 23.0. The molecular weight excluding hydrogens is 263 g/mol. The van der Waals surface area contributed by atoms with E-state index in [1.165, 1.54) is 11.1 Å². The highest BCUT2D eigenvalue weighted by Crippen LogP contribution is 2.24. The van der Waals surface area contributed by atoms with E-state index in [-0.39, 0.29) is 6.67 Å². The molecule has 2 rings (SSSR count). The van der Waals surface area contributed by atoms with Crippen molar-refractivity contribution >= 4 is 0 Å². The van der Waals surface area contributed by atoms with Gasteiger partial charge < -0.3 is 5.73 Å². The Morgan fingerprint density at radius 2 is 1.76 bits per heavy atom. The van der Waals surface area contributed by atoms with Gasteiger partial charge in [0.1, 0.15) is 6.67 Å². The minimum Gasteiger partial charge on any atom is -0.328 e. The largest absolute Gasteiger partial charge is 0.328 e. The Labute approximate surface area is 128 Å². The monoisotopic (exact) mass is 292 g/mol. The van der Waals surface area contributed by atoms with Crippen molar-refractivity contribution in [3.63, 3.8) is 0 Å². The van der Waals surface area contributed by atoms with Crippen molar-refractivity contribution in [2.75, 3.05) is 13.2 Å². The molecule has 0 heterocycles. The number of benzene rings is 1. The van der Waals surface area contributed by atoms with Gasteiger partial charge in [0.25, 0.3) is 0 Å². The molecule has 0 unspecified atom stereocenters. The third kappa shape index (κ3) is 4.79. The summed E-state index contributed by atoms with van der Waals surface area (Å²) in [5.41, 5.74) is 8.62. The van der Waals surface area contributed by atoms with Gasteiger partial charge in [-0.15, -0.1) is 0 Å². The lowest BCUT2D eigenvalue weighted by Crippen LogP contribution is -2.41. The molecule has 1 aromatic carbocycles. The highest BCUT2D eigenvalue weighted by molar-refractivity contribution is 5.24. The van der Waals surface area contributed by atoms with Crippen LogP contribution >= 0.6 is 0 Å². The first-order chi connectivity index (χ1) is 10.1. The summed E-state index contributed by atoms with van der Waals surface area (Å²) in [5, 5.41) is 0. The first-order valence-electron chi connectivity index (χ1n) is 8.24. The molecule has 118 valence electrons. The van der Waals surface area contributed by atoms with E-state index in [0.717, 1.165) is 32.2 Å². The Morgan fingerprint density at radius 3 is 2.29 bits per heavy atom. The molecular formula is C18H29FN2. The van der Waals surface area contributed by atoms with Crippen LogP contribution < -0.4 is 5.73 Å². The molecule has 1 aromatic rings. The average molecular weight is 292 g/mol. The van der Waals surface area contributed by atoms with E-state index in [4.69, 9.17) is 5.73 Å². The molecule has 21 heavy (non-hydrogen) atoms. The molecule has 3 heteroatoms. The van der Waals surface area contributed by atoms with Gasteiger partial charge in [-0.3, -0.25) is 4.90 Å². The fourth-order valence-electron chi connectivity index (χ4n) is 3.21. The summed E-state index contributed by atoms with van der Waals surface area (Å²) >= 11 is 0. The number of hydrogen-bond donors (Lipinski definition) is 1. The third-order valence-electron chi connectivity index (χ3n) is 4.66. The Kier molecular flexibility index (Phi) is 6.19. The van der Waals surface area contributed by atoms with Crippen LogP contribution in [0.15, 0.2) is 24.3 Å². The van der Waals surface area contributed by atoms with Crippen LogP contribution in [0.1, 0.15) is 56.6 Å². The van der Waals surface area contributed by atoms with E-state index in [1.807, 2.05) is 0 Å². The molecule has 1 aliphatic rings. The summed E-state index contributed by atoms with van der Waals surface area (Å²) in [5.74, 6) is 0.556. The SMILES string of the molecule is CC(C)c1ccc(CN(CCF)C2CCC(N)CC2)cc1. The Bertz CT molecular complexity index is 408. The number of nitrogens with zero attached hydrogens (tertiary/aromatic N) is 1. The minimum atomic E-state index is -0.271. The standard InChI is InChI=1S/C18H29FN2/c1-14(2)16-5-3-15(4-6-16)13-21(12-11-19)18-9-7-17(20)8-10-18/h3-6,14,17-18H,7-13,20H2,1-2H3. The first-order valence-corrected chi connectivity index (χ1v) is 8.24. The summed E-state index contributed by atoms with van der Waals surface area (Å²) in [6, 6.07) is 9.61. The van der Waals surface area contributed by atoms with Gasteiger partial charge in [-0.25, -0.2) is 4.39 Å². The van der Waals surface area contributed by atoms with Crippen molar-refractivity contribution in [3.05, 3.63) is 35.4 Å². The number of alkyl halides is 1. The molecule has 0 aliphatic heterocycles.